The number of aryl methyl sites for hydroxylation is 1. The average molecular weight is 288 g/mol. The van der Waals surface area contributed by atoms with E-state index < -0.39 is 4.92 Å². The number of hydrogen-bond donors (Lipinski definition) is 1. The Morgan fingerprint density at radius 1 is 1.43 bits per heavy atom. The highest BCUT2D eigenvalue weighted by Crippen LogP contribution is 2.14. The maximum atomic E-state index is 12.0. The number of carbonyl (C=O) groups is 1. The number of carbonyl (C=O) groups excluding carboxylic acids is 1. The van der Waals surface area contributed by atoms with E-state index in [2.05, 4.69) is 10.4 Å². The van der Waals surface area contributed by atoms with E-state index in [4.69, 9.17) is 0 Å². The predicted molar refractivity (Wildman–Crippen MR) is 76.6 cm³/mol. The molecule has 0 saturated carbocycles. The number of nitrogens with one attached hydrogen (secondary N) is 1. The highest BCUT2D eigenvalue weighted by molar-refractivity contribution is 5.76. The fourth-order valence-electron chi connectivity index (χ4n) is 2.04. The van der Waals surface area contributed by atoms with Crippen molar-refractivity contribution in [1.29, 1.82) is 0 Å². The molecule has 1 aromatic heterocycles. The summed E-state index contributed by atoms with van der Waals surface area (Å²) in [5, 5.41) is 17.6. The predicted octanol–water partition coefficient (Wildman–Crippen LogP) is 1.98. The van der Waals surface area contributed by atoms with Crippen molar-refractivity contribution in [3.05, 3.63) is 57.8 Å². The van der Waals surface area contributed by atoms with Gasteiger partial charge >= 0.3 is 5.82 Å². The van der Waals surface area contributed by atoms with Crippen LogP contribution in [-0.2, 0) is 11.3 Å². The van der Waals surface area contributed by atoms with E-state index in [9.17, 15) is 14.9 Å². The van der Waals surface area contributed by atoms with Gasteiger partial charge in [-0.25, -0.2) is 0 Å². The summed E-state index contributed by atoms with van der Waals surface area (Å²) in [6, 6.07) is 10.7. The summed E-state index contributed by atoms with van der Waals surface area (Å²) in [5.74, 6) is -0.507. The fraction of sp³-hybridized carbons (Fsp3) is 0.286. The van der Waals surface area contributed by atoms with Crippen LogP contribution in [0.3, 0.4) is 0 Å². The molecule has 1 amide bonds. The molecule has 7 heteroatoms. The molecule has 110 valence electrons. The third-order valence-corrected chi connectivity index (χ3v) is 3.04. The zero-order chi connectivity index (χ0) is 15.4. The summed E-state index contributed by atoms with van der Waals surface area (Å²) in [6.07, 6.45) is 0. The van der Waals surface area contributed by atoms with Crippen molar-refractivity contribution in [2.45, 2.75) is 26.4 Å². The Morgan fingerprint density at radius 2 is 2.10 bits per heavy atom. The van der Waals surface area contributed by atoms with Gasteiger partial charge in [-0.2, -0.15) is 0 Å². The second-order valence-electron chi connectivity index (χ2n) is 4.76. The highest BCUT2D eigenvalue weighted by Gasteiger charge is 2.20. The molecule has 0 radical (unpaired) electrons. The van der Waals surface area contributed by atoms with Crippen molar-refractivity contribution in [3.8, 4) is 0 Å². The summed E-state index contributed by atoms with van der Waals surface area (Å²) >= 11 is 0. The molecule has 1 unspecified atom stereocenters. The quantitative estimate of drug-likeness (QED) is 0.672. The Balaban J connectivity index is 2.04. The van der Waals surface area contributed by atoms with Crippen LogP contribution in [0, 0.1) is 17.0 Å². The van der Waals surface area contributed by atoms with Crippen LogP contribution in [0.5, 0.6) is 0 Å². The van der Waals surface area contributed by atoms with Crippen LogP contribution in [0.4, 0.5) is 5.82 Å². The second-order valence-corrected chi connectivity index (χ2v) is 4.76. The van der Waals surface area contributed by atoms with Crippen molar-refractivity contribution >= 4 is 11.7 Å². The summed E-state index contributed by atoms with van der Waals surface area (Å²) in [7, 11) is 0. The number of benzene rings is 1. The molecule has 21 heavy (non-hydrogen) atoms. The lowest BCUT2D eigenvalue weighted by Gasteiger charge is -2.13. The molecule has 0 aliphatic carbocycles. The van der Waals surface area contributed by atoms with E-state index in [-0.39, 0.29) is 24.3 Å². The van der Waals surface area contributed by atoms with Crippen LogP contribution in [-0.4, -0.2) is 20.6 Å². The third-order valence-electron chi connectivity index (χ3n) is 3.04. The molecule has 7 nitrogen and oxygen atoms in total. The van der Waals surface area contributed by atoms with Crippen LogP contribution >= 0.6 is 0 Å². The van der Waals surface area contributed by atoms with Crippen LogP contribution in [0.1, 0.15) is 24.2 Å². The van der Waals surface area contributed by atoms with E-state index in [0.29, 0.717) is 5.69 Å². The zero-order valence-corrected chi connectivity index (χ0v) is 11.8. The first-order valence-electron chi connectivity index (χ1n) is 6.50. The van der Waals surface area contributed by atoms with Gasteiger partial charge in [0, 0.05) is 0 Å². The van der Waals surface area contributed by atoms with E-state index in [0.717, 1.165) is 10.2 Å². The SMILES string of the molecule is Cc1cc([N+](=O)[O-])n(CC(=O)NC(C)c2ccccc2)n1. The van der Waals surface area contributed by atoms with Crippen LogP contribution < -0.4 is 5.32 Å². The lowest BCUT2D eigenvalue weighted by atomic mass is 10.1. The first-order valence-corrected chi connectivity index (χ1v) is 6.50. The van der Waals surface area contributed by atoms with Gasteiger partial charge in [-0.3, -0.25) is 4.79 Å². The molecule has 0 aliphatic heterocycles. The molecule has 2 rings (SSSR count). The van der Waals surface area contributed by atoms with Gasteiger partial charge in [0.25, 0.3) is 5.91 Å². The number of hydrogen-bond acceptors (Lipinski definition) is 4. The summed E-state index contributed by atoms with van der Waals surface area (Å²) in [4.78, 5) is 22.3. The van der Waals surface area contributed by atoms with Crippen molar-refractivity contribution in [2.75, 3.05) is 0 Å². The van der Waals surface area contributed by atoms with Crippen molar-refractivity contribution < 1.29 is 9.72 Å². The van der Waals surface area contributed by atoms with Gasteiger partial charge in [0.15, 0.2) is 6.54 Å². The molecule has 2 aromatic rings. The number of rotatable bonds is 5. The molecular weight excluding hydrogens is 272 g/mol. The van der Waals surface area contributed by atoms with Gasteiger partial charge in [-0.1, -0.05) is 35.4 Å². The summed E-state index contributed by atoms with van der Waals surface area (Å²) in [5.41, 5.74) is 1.47. The molecular formula is C14H16N4O3. The average Bonchev–Trinajstić information content (AvgIpc) is 2.80. The van der Waals surface area contributed by atoms with Crippen molar-refractivity contribution in [2.24, 2.45) is 0 Å². The molecule has 1 atom stereocenters. The smallest absolute Gasteiger partial charge is 0.345 e. The van der Waals surface area contributed by atoms with E-state index in [1.165, 1.54) is 6.07 Å². The molecule has 0 bridgehead atoms. The molecule has 1 heterocycles. The van der Waals surface area contributed by atoms with E-state index in [1.54, 1.807) is 6.92 Å². The van der Waals surface area contributed by atoms with Gasteiger partial charge in [0.05, 0.1) is 17.8 Å². The van der Waals surface area contributed by atoms with Gasteiger partial charge in [-0.15, -0.1) is 4.68 Å². The number of nitro groups is 1. The number of amides is 1. The van der Waals surface area contributed by atoms with Crippen molar-refractivity contribution in [3.63, 3.8) is 0 Å². The second kappa shape index (κ2) is 6.17. The number of nitrogens with zero attached hydrogens (tertiary/aromatic N) is 3. The Morgan fingerprint density at radius 3 is 2.71 bits per heavy atom. The number of aromatic nitrogens is 2. The molecule has 0 fully saturated rings. The largest absolute Gasteiger partial charge is 0.358 e. The lowest BCUT2D eigenvalue weighted by molar-refractivity contribution is -0.392. The monoisotopic (exact) mass is 288 g/mol. The molecule has 0 aliphatic rings. The van der Waals surface area contributed by atoms with Crippen LogP contribution in [0.15, 0.2) is 36.4 Å². The van der Waals surface area contributed by atoms with Gasteiger partial charge in [0.2, 0.25) is 0 Å². The first kappa shape index (κ1) is 14.7. The van der Waals surface area contributed by atoms with Crippen LogP contribution in [0.2, 0.25) is 0 Å². The Hall–Kier alpha value is -2.70. The Bertz CT molecular complexity index is 651. The Labute approximate surface area is 121 Å². The topological polar surface area (TPSA) is 90.1 Å². The summed E-state index contributed by atoms with van der Waals surface area (Å²) < 4.78 is 1.10. The van der Waals surface area contributed by atoms with Crippen molar-refractivity contribution in [1.82, 2.24) is 15.1 Å². The van der Waals surface area contributed by atoms with Gasteiger partial charge < -0.3 is 15.4 Å². The molecule has 0 saturated heterocycles. The maximum absolute atomic E-state index is 12.0. The highest BCUT2D eigenvalue weighted by atomic mass is 16.6. The molecule has 0 spiro atoms. The third kappa shape index (κ3) is 3.65. The molecule has 1 N–H and O–H groups in total. The maximum Gasteiger partial charge on any atom is 0.345 e. The Kier molecular flexibility index (Phi) is 4.32. The zero-order valence-electron chi connectivity index (χ0n) is 11.8. The molecule has 1 aromatic carbocycles. The van der Waals surface area contributed by atoms with E-state index >= 15 is 0 Å². The minimum Gasteiger partial charge on any atom is -0.358 e. The van der Waals surface area contributed by atoms with Crippen LogP contribution in [0.25, 0.3) is 0 Å². The first-order chi connectivity index (χ1) is 9.97. The minimum atomic E-state index is -0.548. The fourth-order valence-corrected chi connectivity index (χ4v) is 2.04. The normalized spacial score (nSPS) is 11.9. The standard InChI is InChI=1S/C14H16N4O3/c1-10-8-14(18(20)21)17(16-10)9-13(19)15-11(2)12-6-4-3-5-7-12/h3-8,11H,9H2,1-2H3,(H,15,19). The lowest BCUT2D eigenvalue weighted by Crippen LogP contribution is -2.30. The summed E-state index contributed by atoms with van der Waals surface area (Å²) in [6.45, 7) is 3.32. The minimum absolute atomic E-state index is 0.172. The van der Waals surface area contributed by atoms with Gasteiger partial charge in [-0.05, 0) is 24.3 Å². The van der Waals surface area contributed by atoms with Gasteiger partial charge in [0.1, 0.15) is 0 Å². The van der Waals surface area contributed by atoms with E-state index in [1.807, 2.05) is 37.3 Å².